The summed E-state index contributed by atoms with van der Waals surface area (Å²) in [6, 6.07) is 4.57. The summed E-state index contributed by atoms with van der Waals surface area (Å²) in [5.41, 5.74) is 5.97. The molecule has 0 aliphatic carbocycles. The van der Waals surface area contributed by atoms with Crippen LogP contribution in [0.2, 0.25) is 0 Å². The molecule has 0 saturated carbocycles. The monoisotopic (exact) mass is 314 g/mol. The number of rotatable bonds is 6. The fourth-order valence-electron chi connectivity index (χ4n) is 1.75. The van der Waals surface area contributed by atoms with Crippen LogP contribution in [0.15, 0.2) is 23.1 Å². The number of sulfonamides is 1. The number of nitrogen functional groups attached to an aromatic ring is 1. The Morgan fingerprint density at radius 3 is 2.38 bits per heavy atom. The zero-order valence-corrected chi connectivity index (χ0v) is 13.5. The van der Waals surface area contributed by atoms with Gasteiger partial charge in [0.05, 0.1) is 11.1 Å². The normalized spacial score (nSPS) is 12.0. The third kappa shape index (κ3) is 4.08. The van der Waals surface area contributed by atoms with Crippen molar-refractivity contribution in [1.29, 1.82) is 0 Å². The van der Waals surface area contributed by atoms with Crippen molar-refractivity contribution in [2.24, 2.45) is 5.41 Å². The summed E-state index contributed by atoms with van der Waals surface area (Å²) in [5.74, 6) is -0.0858. The number of nitrogens with one attached hydrogen (secondary N) is 3. The van der Waals surface area contributed by atoms with Gasteiger partial charge in [0, 0.05) is 19.3 Å². The molecule has 0 bridgehead atoms. The first-order valence-electron chi connectivity index (χ1n) is 6.43. The van der Waals surface area contributed by atoms with Crippen molar-refractivity contribution in [3.63, 3.8) is 0 Å². The van der Waals surface area contributed by atoms with Crippen LogP contribution in [0, 0.1) is 5.41 Å². The van der Waals surface area contributed by atoms with Crippen LogP contribution in [0.25, 0.3) is 0 Å². The summed E-state index contributed by atoms with van der Waals surface area (Å²) < 4.78 is 25.6. The number of nitrogens with two attached hydrogens (primary N) is 1. The highest BCUT2D eigenvalue weighted by Gasteiger charge is 2.26. The number of carbonyl (C=O) groups is 1. The van der Waals surface area contributed by atoms with Gasteiger partial charge in [0.25, 0.3) is 0 Å². The van der Waals surface area contributed by atoms with E-state index in [2.05, 4.69) is 15.4 Å². The first kappa shape index (κ1) is 17.3. The van der Waals surface area contributed by atoms with Gasteiger partial charge in [0.15, 0.2) is 0 Å². The average Bonchev–Trinajstić information content (AvgIpc) is 2.44. The Morgan fingerprint density at radius 2 is 1.90 bits per heavy atom. The summed E-state index contributed by atoms with van der Waals surface area (Å²) >= 11 is 0. The van der Waals surface area contributed by atoms with Gasteiger partial charge in [0.1, 0.15) is 4.90 Å². The van der Waals surface area contributed by atoms with E-state index in [1.807, 2.05) is 13.8 Å². The SMILES string of the molecule is CNC(=O)C(C)(C)CNc1ccc(S(=O)(=O)NC)c(N)c1. The van der Waals surface area contributed by atoms with Crippen molar-refractivity contribution in [2.75, 3.05) is 31.7 Å². The number of carbonyl (C=O) groups excluding carboxylic acids is 1. The highest BCUT2D eigenvalue weighted by atomic mass is 32.2. The lowest BCUT2D eigenvalue weighted by molar-refractivity contribution is -0.128. The van der Waals surface area contributed by atoms with Crippen molar-refractivity contribution in [3.8, 4) is 0 Å². The maximum absolute atomic E-state index is 11.7. The van der Waals surface area contributed by atoms with E-state index in [0.29, 0.717) is 12.2 Å². The van der Waals surface area contributed by atoms with E-state index in [9.17, 15) is 13.2 Å². The zero-order valence-electron chi connectivity index (χ0n) is 12.6. The zero-order chi connectivity index (χ0) is 16.3. The first-order valence-corrected chi connectivity index (χ1v) is 7.91. The van der Waals surface area contributed by atoms with Gasteiger partial charge in [-0.2, -0.15) is 0 Å². The molecule has 0 aromatic heterocycles. The second kappa shape index (κ2) is 6.31. The molecule has 0 spiro atoms. The molecule has 5 N–H and O–H groups in total. The van der Waals surface area contributed by atoms with Gasteiger partial charge in [-0.3, -0.25) is 4.79 Å². The quantitative estimate of drug-likeness (QED) is 0.566. The lowest BCUT2D eigenvalue weighted by Crippen LogP contribution is -2.39. The minimum atomic E-state index is -3.57. The third-order valence-electron chi connectivity index (χ3n) is 3.14. The molecule has 0 fully saturated rings. The average molecular weight is 314 g/mol. The molecule has 0 radical (unpaired) electrons. The number of benzene rings is 1. The molecular formula is C13H22N4O3S. The van der Waals surface area contributed by atoms with Gasteiger partial charge in [-0.05, 0) is 39.1 Å². The van der Waals surface area contributed by atoms with Crippen LogP contribution >= 0.6 is 0 Å². The Balaban J connectivity index is 2.89. The summed E-state index contributed by atoms with van der Waals surface area (Å²) in [4.78, 5) is 11.7. The van der Waals surface area contributed by atoms with Crippen molar-refractivity contribution in [3.05, 3.63) is 18.2 Å². The van der Waals surface area contributed by atoms with E-state index >= 15 is 0 Å². The van der Waals surface area contributed by atoms with Gasteiger partial charge in [0.2, 0.25) is 15.9 Å². The molecule has 21 heavy (non-hydrogen) atoms. The molecule has 1 amide bonds. The Kier molecular flexibility index (Phi) is 5.19. The molecule has 1 aromatic carbocycles. The van der Waals surface area contributed by atoms with Crippen LogP contribution in [-0.2, 0) is 14.8 Å². The Bertz CT molecular complexity index is 626. The van der Waals surface area contributed by atoms with Crippen molar-refractivity contribution in [2.45, 2.75) is 18.7 Å². The largest absolute Gasteiger partial charge is 0.398 e. The van der Waals surface area contributed by atoms with E-state index in [0.717, 1.165) is 0 Å². The molecule has 0 atom stereocenters. The molecule has 118 valence electrons. The van der Waals surface area contributed by atoms with Crippen molar-refractivity contribution < 1.29 is 13.2 Å². The minimum absolute atomic E-state index is 0.0288. The standard InChI is InChI=1S/C13H22N4O3S/c1-13(2,12(18)15-3)8-17-9-5-6-11(10(14)7-9)21(19,20)16-4/h5-7,16-17H,8,14H2,1-4H3,(H,15,18). The van der Waals surface area contributed by atoms with Crippen molar-refractivity contribution >= 4 is 27.3 Å². The van der Waals surface area contributed by atoms with Gasteiger partial charge in [-0.25, -0.2) is 13.1 Å². The summed E-state index contributed by atoms with van der Waals surface area (Å²) in [6.45, 7) is 4.01. The second-order valence-electron chi connectivity index (χ2n) is 5.28. The molecule has 0 aliphatic rings. The highest BCUT2D eigenvalue weighted by Crippen LogP contribution is 2.23. The van der Waals surface area contributed by atoms with Crippen LogP contribution in [0.3, 0.4) is 0 Å². The van der Waals surface area contributed by atoms with Gasteiger partial charge in [-0.15, -0.1) is 0 Å². The third-order valence-corrected chi connectivity index (χ3v) is 4.63. The minimum Gasteiger partial charge on any atom is -0.398 e. The fourth-order valence-corrected chi connectivity index (χ4v) is 2.59. The van der Waals surface area contributed by atoms with Crippen molar-refractivity contribution in [1.82, 2.24) is 10.0 Å². The van der Waals surface area contributed by atoms with Gasteiger partial charge < -0.3 is 16.4 Å². The predicted octanol–water partition coefficient (Wildman–Crippen LogP) is 0.361. The van der Waals surface area contributed by atoms with Gasteiger partial charge in [-0.1, -0.05) is 0 Å². The lowest BCUT2D eigenvalue weighted by Gasteiger charge is -2.23. The predicted molar refractivity (Wildman–Crippen MR) is 83.4 cm³/mol. The van der Waals surface area contributed by atoms with E-state index in [1.54, 1.807) is 13.1 Å². The molecule has 1 rings (SSSR count). The maximum Gasteiger partial charge on any atom is 0.242 e. The van der Waals surface area contributed by atoms with Gasteiger partial charge >= 0.3 is 0 Å². The molecule has 0 saturated heterocycles. The number of anilines is 2. The summed E-state index contributed by atoms with van der Waals surface area (Å²) in [6.07, 6.45) is 0. The highest BCUT2D eigenvalue weighted by molar-refractivity contribution is 7.89. The number of amides is 1. The molecule has 7 nitrogen and oxygen atoms in total. The smallest absolute Gasteiger partial charge is 0.242 e. The van der Waals surface area contributed by atoms with E-state index in [1.165, 1.54) is 19.2 Å². The Morgan fingerprint density at radius 1 is 1.29 bits per heavy atom. The van der Waals surface area contributed by atoms with Crippen LogP contribution < -0.4 is 21.1 Å². The fraction of sp³-hybridized carbons (Fsp3) is 0.462. The summed E-state index contributed by atoms with van der Waals surface area (Å²) in [7, 11) is -0.664. The molecule has 0 unspecified atom stereocenters. The maximum atomic E-state index is 11.7. The van der Waals surface area contributed by atoms with E-state index in [4.69, 9.17) is 5.73 Å². The lowest BCUT2D eigenvalue weighted by atomic mass is 9.92. The van der Waals surface area contributed by atoms with E-state index < -0.39 is 15.4 Å². The molecule has 0 aliphatic heterocycles. The van der Waals surface area contributed by atoms with Crippen LogP contribution in [-0.4, -0.2) is 35.0 Å². The Hall–Kier alpha value is -1.80. The number of hydrogen-bond acceptors (Lipinski definition) is 5. The first-order chi connectivity index (χ1) is 9.64. The Labute approximate surface area is 125 Å². The molecule has 1 aromatic rings. The topological polar surface area (TPSA) is 113 Å². The molecule has 8 heteroatoms. The molecule has 0 heterocycles. The van der Waals surface area contributed by atoms with Crippen LogP contribution in [0.4, 0.5) is 11.4 Å². The molecular weight excluding hydrogens is 292 g/mol. The second-order valence-corrected chi connectivity index (χ2v) is 7.13. The number of hydrogen-bond donors (Lipinski definition) is 4. The van der Waals surface area contributed by atoms with E-state index in [-0.39, 0.29) is 16.5 Å². The van der Waals surface area contributed by atoms with Crippen LogP contribution in [0.5, 0.6) is 0 Å². The summed E-state index contributed by atoms with van der Waals surface area (Å²) in [5, 5.41) is 5.68. The van der Waals surface area contributed by atoms with Crippen LogP contribution in [0.1, 0.15) is 13.8 Å².